The zero-order valence-corrected chi connectivity index (χ0v) is 20.1. The molecule has 0 aliphatic heterocycles. The van der Waals surface area contributed by atoms with E-state index in [9.17, 15) is 0 Å². The number of methoxy groups -OCH3 is 1. The fourth-order valence-corrected chi connectivity index (χ4v) is 3.88. The van der Waals surface area contributed by atoms with Crippen LogP contribution < -0.4 is 4.74 Å². The van der Waals surface area contributed by atoms with Crippen molar-refractivity contribution in [2.45, 2.75) is 65.5 Å². The zero-order chi connectivity index (χ0) is 21.4. The maximum Gasteiger partial charge on any atom is 0.191 e. The lowest BCUT2D eigenvalue weighted by Crippen LogP contribution is -2.43. The van der Waals surface area contributed by atoms with Gasteiger partial charge in [-0.3, -0.25) is 0 Å². The number of hydrogen-bond acceptors (Lipinski definition) is 3. The first-order valence-electron chi connectivity index (χ1n) is 10.2. The fraction of sp³-hybridized carbons (Fsp3) is 0.583. The van der Waals surface area contributed by atoms with Crippen LogP contribution >= 0.6 is 0 Å². The van der Waals surface area contributed by atoms with E-state index in [0.29, 0.717) is 6.61 Å². The van der Waals surface area contributed by atoms with Gasteiger partial charge in [0.05, 0.1) is 19.8 Å². The maximum absolute atomic E-state index is 6.47. The van der Waals surface area contributed by atoms with Gasteiger partial charge in [-0.15, -0.1) is 0 Å². The quantitative estimate of drug-likeness (QED) is 0.306. The first-order chi connectivity index (χ1) is 13.0. The number of benzene rings is 1. The van der Waals surface area contributed by atoms with Crippen molar-refractivity contribution < 1.29 is 13.9 Å². The van der Waals surface area contributed by atoms with E-state index in [1.807, 2.05) is 24.3 Å². The van der Waals surface area contributed by atoms with E-state index in [2.05, 4.69) is 72.5 Å². The second-order valence-corrected chi connectivity index (χ2v) is 14.0. The number of ether oxygens (including phenoxy) is 2. The molecule has 4 heteroatoms. The van der Waals surface area contributed by atoms with Crippen LogP contribution in [0, 0.1) is 11.8 Å². The van der Waals surface area contributed by atoms with Crippen LogP contribution in [-0.4, -0.2) is 28.1 Å². The van der Waals surface area contributed by atoms with Gasteiger partial charge in [-0.1, -0.05) is 71.6 Å². The molecule has 1 aromatic carbocycles. The Labute approximate surface area is 173 Å². The Balaban J connectivity index is 2.82. The van der Waals surface area contributed by atoms with Gasteiger partial charge in [-0.2, -0.15) is 0 Å². The van der Waals surface area contributed by atoms with E-state index in [0.717, 1.165) is 17.9 Å². The Bertz CT molecular complexity index is 614. The number of hydrogen-bond donors (Lipinski definition) is 0. The summed E-state index contributed by atoms with van der Waals surface area (Å²) in [5, 5.41) is 0.209. The standard InChI is InChI=1S/C24H40O3Si/c1-10-11-12-19(2)23(20(3)17-27-28(8,9)24(4,5)6)26-18-21-13-15-22(25-7)16-14-21/h10-16,19-20,23H,1,17-18H2,2-9H3/b12-11-/t19-,20-,23+/m0/s1. The van der Waals surface area contributed by atoms with Gasteiger partial charge in [0.2, 0.25) is 0 Å². The summed E-state index contributed by atoms with van der Waals surface area (Å²) in [4.78, 5) is 0. The van der Waals surface area contributed by atoms with Crippen LogP contribution in [0.2, 0.25) is 18.1 Å². The van der Waals surface area contributed by atoms with Crippen LogP contribution in [0.1, 0.15) is 40.2 Å². The monoisotopic (exact) mass is 404 g/mol. The van der Waals surface area contributed by atoms with Gasteiger partial charge < -0.3 is 13.9 Å². The molecule has 0 saturated carbocycles. The predicted octanol–water partition coefficient (Wildman–Crippen LogP) is 6.62. The summed E-state index contributed by atoms with van der Waals surface area (Å²) in [6.45, 7) is 20.9. The molecule has 0 radical (unpaired) electrons. The largest absolute Gasteiger partial charge is 0.497 e. The molecule has 0 aliphatic carbocycles. The molecule has 0 aromatic heterocycles. The molecule has 0 fully saturated rings. The maximum atomic E-state index is 6.47. The Hall–Kier alpha value is -1.36. The molecule has 0 amide bonds. The zero-order valence-electron chi connectivity index (χ0n) is 19.1. The molecule has 158 valence electrons. The molecule has 0 N–H and O–H groups in total. The van der Waals surface area contributed by atoms with Crippen LogP contribution in [0.5, 0.6) is 5.75 Å². The van der Waals surface area contributed by atoms with Gasteiger partial charge >= 0.3 is 0 Å². The van der Waals surface area contributed by atoms with E-state index in [1.54, 1.807) is 7.11 Å². The fourth-order valence-electron chi connectivity index (χ4n) is 2.76. The summed E-state index contributed by atoms with van der Waals surface area (Å²) in [5.41, 5.74) is 1.14. The minimum absolute atomic E-state index is 0.0723. The third kappa shape index (κ3) is 7.57. The molecular weight excluding hydrogens is 364 g/mol. The summed E-state index contributed by atoms with van der Waals surface area (Å²) >= 11 is 0. The summed E-state index contributed by atoms with van der Waals surface area (Å²) in [6.07, 6.45) is 6.04. The van der Waals surface area contributed by atoms with Crippen molar-refractivity contribution in [2.75, 3.05) is 13.7 Å². The Morgan fingerprint density at radius 1 is 1.11 bits per heavy atom. The first-order valence-corrected chi connectivity index (χ1v) is 13.1. The molecule has 3 atom stereocenters. The second-order valence-electron chi connectivity index (χ2n) is 9.15. The SMILES string of the molecule is C=C/C=C\[C@H](C)[C@@H](OCc1ccc(OC)cc1)[C@@H](C)CO[Si](C)(C)C(C)(C)C. The summed E-state index contributed by atoms with van der Waals surface area (Å²) in [7, 11) is -0.0950. The average Bonchev–Trinajstić information content (AvgIpc) is 2.64. The molecular formula is C24H40O3Si. The van der Waals surface area contributed by atoms with Crippen molar-refractivity contribution in [2.24, 2.45) is 11.8 Å². The molecule has 3 nitrogen and oxygen atoms in total. The molecule has 0 aliphatic rings. The summed E-state index contributed by atoms with van der Waals surface area (Å²) in [5.74, 6) is 1.42. The third-order valence-corrected chi connectivity index (χ3v) is 10.2. The van der Waals surface area contributed by atoms with Gasteiger partial charge in [-0.25, -0.2) is 0 Å². The van der Waals surface area contributed by atoms with Crippen molar-refractivity contribution >= 4 is 8.32 Å². The highest BCUT2D eigenvalue weighted by Gasteiger charge is 2.38. The highest BCUT2D eigenvalue weighted by atomic mass is 28.4. The van der Waals surface area contributed by atoms with Gasteiger partial charge in [0.15, 0.2) is 8.32 Å². The molecule has 0 unspecified atom stereocenters. The van der Waals surface area contributed by atoms with Crippen molar-refractivity contribution in [3.63, 3.8) is 0 Å². The average molecular weight is 405 g/mol. The molecule has 0 heterocycles. The number of rotatable bonds is 11. The highest BCUT2D eigenvalue weighted by Crippen LogP contribution is 2.37. The molecule has 1 aromatic rings. The van der Waals surface area contributed by atoms with Crippen LogP contribution in [-0.2, 0) is 15.8 Å². The highest BCUT2D eigenvalue weighted by molar-refractivity contribution is 6.74. The lowest BCUT2D eigenvalue weighted by atomic mass is 9.93. The lowest BCUT2D eigenvalue weighted by Gasteiger charge is -2.38. The lowest BCUT2D eigenvalue weighted by molar-refractivity contribution is -0.0293. The van der Waals surface area contributed by atoms with E-state index in [4.69, 9.17) is 13.9 Å². The van der Waals surface area contributed by atoms with E-state index in [-0.39, 0.29) is 23.0 Å². The smallest absolute Gasteiger partial charge is 0.191 e. The molecule has 28 heavy (non-hydrogen) atoms. The van der Waals surface area contributed by atoms with Crippen LogP contribution in [0.15, 0.2) is 49.1 Å². The summed E-state index contributed by atoms with van der Waals surface area (Å²) in [6, 6.07) is 8.05. The summed E-state index contributed by atoms with van der Waals surface area (Å²) < 4.78 is 18.1. The Kier molecular flexibility index (Phi) is 9.68. The van der Waals surface area contributed by atoms with Gasteiger partial charge in [0, 0.05) is 18.4 Å². The molecule has 0 saturated heterocycles. The van der Waals surface area contributed by atoms with Crippen molar-refractivity contribution in [3.05, 3.63) is 54.6 Å². The van der Waals surface area contributed by atoms with E-state index in [1.165, 1.54) is 0 Å². The van der Waals surface area contributed by atoms with E-state index < -0.39 is 8.32 Å². The van der Waals surface area contributed by atoms with Crippen LogP contribution in [0.25, 0.3) is 0 Å². The Morgan fingerprint density at radius 2 is 1.71 bits per heavy atom. The minimum Gasteiger partial charge on any atom is -0.497 e. The molecule has 0 spiro atoms. The van der Waals surface area contributed by atoms with Gasteiger partial charge in [0.1, 0.15) is 5.75 Å². The number of allylic oxidation sites excluding steroid dienone is 2. The van der Waals surface area contributed by atoms with Crippen LogP contribution in [0.4, 0.5) is 0 Å². The van der Waals surface area contributed by atoms with Gasteiger partial charge in [-0.05, 0) is 35.8 Å². The van der Waals surface area contributed by atoms with Crippen molar-refractivity contribution in [3.8, 4) is 5.75 Å². The topological polar surface area (TPSA) is 27.7 Å². The molecule has 1 rings (SSSR count). The first kappa shape index (κ1) is 24.7. The predicted molar refractivity (Wildman–Crippen MR) is 122 cm³/mol. The van der Waals surface area contributed by atoms with Gasteiger partial charge in [0.25, 0.3) is 0 Å². The second kappa shape index (κ2) is 11.0. The van der Waals surface area contributed by atoms with Crippen molar-refractivity contribution in [1.29, 1.82) is 0 Å². The third-order valence-electron chi connectivity index (χ3n) is 5.74. The normalized spacial score (nSPS) is 16.0. The molecule has 0 bridgehead atoms. The van der Waals surface area contributed by atoms with E-state index >= 15 is 0 Å². The Morgan fingerprint density at radius 3 is 2.21 bits per heavy atom. The van der Waals surface area contributed by atoms with Crippen molar-refractivity contribution in [1.82, 2.24) is 0 Å². The van der Waals surface area contributed by atoms with Crippen LogP contribution in [0.3, 0.4) is 0 Å². The minimum atomic E-state index is -1.77.